The molecule has 0 spiro atoms. The summed E-state index contributed by atoms with van der Waals surface area (Å²) in [7, 11) is 1.73. The van der Waals surface area contributed by atoms with E-state index >= 15 is 0 Å². The fraction of sp³-hybridized carbons (Fsp3) is 0.810. The van der Waals surface area contributed by atoms with E-state index in [-0.39, 0.29) is 34.6 Å². The van der Waals surface area contributed by atoms with E-state index in [4.69, 9.17) is 4.74 Å². The molecule has 0 N–H and O–H groups in total. The van der Waals surface area contributed by atoms with Crippen LogP contribution in [-0.4, -0.2) is 24.8 Å². The highest BCUT2D eigenvalue weighted by Crippen LogP contribution is 2.67. The summed E-state index contributed by atoms with van der Waals surface area (Å²) < 4.78 is 5.97. The number of rotatable bonds is 2. The predicted molar refractivity (Wildman–Crippen MR) is 94.6 cm³/mol. The Kier molecular flexibility index (Phi) is 4.11. The minimum atomic E-state index is -0.581. The molecule has 2 bridgehead atoms. The third kappa shape index (κ3) is 2.00. The summed E-state index contributed by atoms with van der Waals surface area (Å²) in [5.74, 6) is 0.870. The normalized spacial score (nSPS) is 51.7. The van der Waals surface area contributed by atoms with Crippen LogP contribution >= 0.6 is 0 Å². The standard InChI is InChI=1S/C21H32O3/c1-7-19(4)12-16(24-6)20(5)13(2)8-10-21(14(3)18(19)23)11-9-15(22)17(20)21/h7,13-14,16-17H,1,8-12H2,2-6H3/t13-,14+,16+,17+,19-,20-,21-/m1/s1. The van der Waals surface area contributed by atoms with E-state index in [0.717, 1.165) is 19.3 Å². The second-order valence-electron chi connectivity index (χ2n) is 9.07. The molecule has 0 aromatic heterocycles. The third-order valence-electron chi connectivity index (χ3n) is 8.32. The maximum atomic E-state index is 13.4. The van der Waals surface area contributed by atoms with Gasteiger partial charge in [0.2, 0.25) is 0 Å². The monoisotopic (exact) mass is 332 g/mol. The van der Waals surface area contributed by atoms with Gasteiger partial charge >= 0.3 is 0 Å². The van der Waals surface area contributed by atoms with E-state index in [9.17, 15) is 9.59 Å². The Bertz CT molecular complexity index is 582. The highest BCUT2D eigenvalue weighted by molar-refractivity contribution is 5.92. The zero-order chi connectivity index (χ0) is 17.9. The Morgan fingerprint density at radius 2 is 1.88 bits per heavy atom. The number of hydrogen-bond donors (Lipinski definition) is 0. The SMILES string of the molecule is C=C[C@]1(C)C[C@H](OC)[C@@]2(C)[C@H](C)CC[C@@]3(CCC(=O)[C@H]32)[C@@H](C)C1=O. The fourth-order valence-electron chi connectivity index (χ4n) is 6.45. The number of allylic oxidation sites excluding steroid dienone is 1. The number of ether oxygens (including phenoxy) is 1. The van der Waals surface area contributed by atoms with Crippen molar-refractivity contribution in [3.63, 3.8) is 0 Å². The quantitative estimate of drug-likeness (QED) is 0.712. The second-order valence-corrected chi connectivity index (χ2v) is 9.07. The van der Waals surface area contributed by atoms with E-state index in [2.05, 4.69) is 27.4 Å². The lowest BCUT2D eigenvalue weighted by Gasteiger charge is -2.60. The molecule has 0 saturated heterocycles. The molecule has 7 atom stereocenters. The Hall–Kier alpha value is -0.960. The first-order valence-electron chi connectivity index (χ1n) is 9.41. The predicted octanol–water partition coefficient (Wildman–Crippen LogP) is 4.20. The van der Waals surface area contributed by atoms with E-state index < -0.39 is 5.41 Å². The molecule has 3 heteroatoms. The minimum Gasteiger partial charge on any atom is -0.381 e. The van der Waals surface area contributed by atoms with Gasteiger partial charge in [-0.3, -0.25) is 9.59 Å². The molecule has 0 aromatic rings. The van der Waals surface area contributed by atoms with Crippen molar-refractivity contribution in [3.05, 3.63) is 12.7 Å². The van der Waals surface area contributed by atoms with Gasteiger partial charge in [0.05, 0.1) is 6.10 Å². The summed E-state index contributed by atoms with van der Waals surface area (Å²) in [4.78, 5) is 26.4. The number of hydrogen-bond acceptors (Lipinski definition) is 3. The first kappa shape index (κ1) is 17.8. The largest absolute Gasteiger partial charge is 0.381 e. The summed E-state index contributed by atoms with van der Waals surface area (Å²) in [6.45, 7) is 12.6. The van der Waals surface area contributed by atoms with Crippen LogP contribution < -0.4 is 0 Å². The fourth-order valence-corrected chi connectivity index (χ4v) is 6.45. The maximum absolute atomic E-state index is 13.4. The van der Waals surface area contributed by atoms with Gasteiger partial charge in [0.25, 0.3) is 0 Å². The van der Waals surface area contributed by atoms with Gasteiger partial charge in [-0.2, -0.15) is 0 Å². The molecule has 3 rings (SSSR count). The Morgan fingerprint density at radius 3 is 2.46 bits per heavy atom. The molecule has 3 fully saturated rings. The number of methoxy groups -OCH3 is 1. The highest BCUT2D eigenvalue weighted by atomic mass is 16.5. The molecule has 3 saturated carbocycles. The Morgan fingerprint density at radius 1 is 1.21 bits per heavy atom. The van der Waals surface area contributed by atoms with Gasteiger partial charge in [-0.25, -0.2) is 0 Å². The first-order chi connectivity index (χ1) is 11.2. The average molecular weight is 332 g/mol. The van der Waals surface area contributed by atoms with Crippen LogP contribution in [0.5, 0.6) is 0 Å². The maximum Gasteiger partial charge on any atom is 0.145 e. The van der Waals surface area contributed by atoms with Gasteiger partial charge in [0.15, 0.2) is 0 Å². The molecule has 3 aliphatic carbocycles. The molecule has 0 unspecified atom stereocenters. The van der Waals surface area contributed by atoms with Crippen LogP contribution in [0.25, 0.3) is 0 Å². The highest BCUT2D eigenvalue weighted by Gasteiger charge is 2.67. The van der Waals surface area contributed by atoms with E-state index in [1.807, 2.05) is 13.0 Å². The average Bonchev–Trinajstić information content (AvgIpc) is 2.92. The number of carbonyl (C=O) groups excluding carboxylic acids is 2. The summed E-state index contributed by atoms with van der Waals surface area (Å²) in [6, 6.07) is 0. The molecule has 134 valence electrons. The number of ketones is 2. The zero-order valence-electron chi connectivity index (χ0n) is 15.9. The van der Waals surface area contributed by atoms with Crippen molar-refractivity contribution in [1.29, 1.82) is 0 Å². The van der Waals surface area contributed by atoms with Gasteiger partial charge < -0.3 is 4.74 Å². The summed E-state index contributed by atoms with van der Waals surface area (Å²) in [6.07, 6.45) is 5.87. The molecular formula is C21H32O3. The van der Waals surface area contributed by atoms with Crippen LogP contribution in [0.15, 0.2) is 12.7 Å². The van der Waals surface area contributed by atoms with E-state index in [0.29, 0.717) is 24.5 Å². The summed E-state index contributed by atoms with van der Waals surface area (Å²) in [5, 5.41) is 0. The van der Waals surface area contributed by atoms with Crippen molar-refractivity contribution >= 4 is 11.6 Å². The van der Waals surface area contributed by atoms with Crippen molar-refractivity contribution < 1.29 is 14.3 Å². The molecule has 24 heavy (non-hydrogen) atoms. The smallest absolute Gasteiger partial charge is 0.145 e. The Balaban J connectivity index is 2.24. The molecule has 0 aromatic carbocycles. The first-order valence-corrected chi connectivity index (χ1v) is 9.41. The van der Waals surface area contributed by atoms with Crippen molar-refractivity contribution in [2.24, 2.45) is 34.0 Å². The zero-order valence-corrected chi connectivity index (χ0v) is 15.9. The topological polar surface area (TPSA) is 43.4 Å². The second kappa shape index (κ2) is 5.52. The molecule has 0 heterocycles. The molecule has 0 radical (unpaired) electrons. The number of Topliss-reactive ketones (excluding diaryl/α,β-unsaturated/α-hetero) is 2. The van der Waals surface area contributed by atoms with Gasteiger partial charge in [0.1, 0.15) is 11.6 Å². The van der Waals surface area contributed by atoms with Gasteiger partial charge in [-0.15, -0.1) is 6.58 Å². The molecular weight excluding hydrogens is 300 g/mol. The lowest BCUT2D eigenvalue weighted by Crippen LogP contribution is -2.61. The lowest BCUT2D eigenvalue weighted by molar-refractivity contribution is -0.180. The van der Waals surface area contributed by atoms with Crippen molar-refractivity contribution in [3.8, 4) is 0 Å². The van der Waals surface area contributed by atoms with Crippen LogP contribution in [0.4, 0.5) is 0 Å². The van der Waals surface area contributed by atoms with Crippen LogP contribution in [0.2, 0.25) is 0 Å². The Labute approximate surface area is 146 Å². The van der Waals surface area contributed by atoms with Gasteiger partial charge in [0, 0.05) is 36.2 Å². The van der Waals surface area contributed by atoms with Crippen molar-refractivity contribution in [2.75, 3.05) is 7.11 Å². The summed E-state index contributed by atoms with van der Waals surface area (Å²) in [5.41, 5.74) is -0.973. The molecule has 3 nitrogen and oxygen atoms in total. The summed E-state index contributed by atoms with van der Waals surface area (Å²) >= 11 is 0. The van der Waals surface area contributed by atoms with Crippen LogP contribution in [0.1, 0.15) is 59.8 Å². The minimum absolute atomic E-state index is 0.0491. The van der Waals surface area contributed by atoms with Gasteiger partial charge in [-0.05, 0) is 43.9 Å². The van der Waals surface area contributed by atoms with Crippen molar-refractivity contribution in [1.82, 2.24) is 0 Å². The van der Waals surface area contributed by atoms with E-state index in [1.165, 1.54) is 0 Å². The lowest BCUT2D eigenvalue weighted by atomic mass is 9.44. The molecule has 0 amide bonds. The van der Waals surface area contributed by atoms with Gasteiger partial charge in [-0.1, -0.05) is 26.8 Å². The van der Waals surface area contributed by atoms with Crippen LogP contribution in [0.3, 0.4) is 0 Å². The van der Waals surface area contributed by atoms with E-state index in [1.54, 1.807) is 7.11 Å². The third-order valence-corrected chi connectivity index (χ3v) is 8.32. The molecule has 0 aliphatic heterocycles. The van der Waals surface area contributed by atoms with Crippen molar-refractivity contribution in [2.45, 2.75) is 65.9 Å². The van der Waals surface area contributed by atoms with Crippen LogP contribution in [-0.2, 0) is 14.3 Å². The van der Waals surface area contributed by atoms with Crippen LogP contribution in [0, 0.1) is 34.0 Å². The molecule has 3 aliphatic rings. The number of carbonyl (C=O) groups is 2.